The first-order valence-electron chi connectivity index (χ1n) is 10.4. The summed E-state index contributed by atoms with van der Waals surface area (Å²) < 4.78 is 2.21. The smallest absolute Gasteiger partial charge is 0.323 e. The van der Waals surface area contributed by atoms with Crippen LogP contribution in [0.1, 0.15) is 31.2 Å². The quantitative estimate of drug-likeness (QED) is 0.414. The minimum atomic E-state index is -0.340. The first-order valence-corrected chi connectivity index (χ1v) is 11.3. The molecule has 2 aromatic heterocycles. The first kappa shape index (κ1) is 19.7. The number of anilines is 1. The van der Waals surface area contributed by atoms with E-state index in [2.05, 4.69) is 32.0 Å². The zero-order valence-corrected chi connectivity index (χ0v) is 18.0. The number of fused-ring (bicyclic) bond motifs is 2. The van der Waals surface area contributed by atoms with E-state index >= 15 is 0 Å². The summed E-state index contributed by atoms with van der Waals surface area (Å²) in [5.41, 5.74) is 5.23. The summed E-state index contributed by atoms with van der Waals surface area (Å²) in [6.45, 7) is 1.89. The third-order valence-corrected chi connectivity index (χ3v) is 6.60. The summed E-state index contributed by atoms with van der Waals surface area (Å²) in [6.07, 6.45) is 4.31. The molecule has 1 atom stereocenters. The molecule has 1 aliphatic carbocycles. The van der Waals surface area contributed by atoms with Gasteiger partial charge in [0.15, 0.2) is 5.16 Å². The molecule has 0 radical (unpaired) electrons. The van der Waals surface area contributed by atoms with Crippen LogP contribution in [0, 0.1) is 0 Å². The lowest BCUT2D eigenvalue weighted by atomic mass is 10.0. The summed E-state index contributed by atoms with van der Waals surface area (Å²) in [7, 11) is 0. The molecule has 5 rings (SSSR count). The minimum absolute atomic E-state index is 0.109. The number of nitrogens with one attached hydrogen (secondary N) is 3. The number of aryl methyl sites for hydroxylation is 1. The topological polar surface area (TPSA) is 95.6 Å². The van der Waals surface area contributed by atoms with Crippen molar-refractivity contribution in [1.29, 1.82) is 0 Å². The van der Waals surface area contributed by atoms with Gasteiger partial charge in [-0.05, 0) is 62.9 Å². The van der Waals surface area contributed by atoms with E-state index in [4.69, 9.17) is 4.98 Å². The van der Waals surface area contributed by atoms with Crippen molar-refractivity contribution < 1.29 is 4.79 Å². The number of aromatic amines is 2. The van der Waals surface area contributed by atoms with Gasteiger partial charge >= 0.3 is 5.69 Å². The number of thioether (sulfide) groups is 1. The van der Waals surface area contributed by atoms with Crippen LogP contribution in [-0.2, 0) is 17.6 Å². The number of carbonyl (C=O) groups excluding carboxylic acids is 1. The highest BCUT2D eigenvalue weighted by atomic mass is 32.2. The molecule has 1 amide bonds. The fourth-order valence-corrected chi connectivity index (χ4v) is 4.97. The molecule has 158 valence electrons. The Morgan fingerprint density at radius 2 is 1.87 bits per heavy atom. The predicted octanol–water partition coefficient (Wildman–Crippen LogP) is 4.04. The van der Waals surface area contributed by atoms with Crippen molar-refractivity contribution in [1.82, 2.24) is 19.5 Å². The van der Waals surface area contributed by atoms with E-state index in [1.165, 1.54) is 17.5 Å². The lowest BCUT2D eigenvalue weighted by Gasteiger charge is -2.16. The van der Waals surface area contributed by atoms with Gasteiger partial charge in [0, 0.05) is 17.1 Å². The van der Waals surface area contributed by atoms with E-state index in [1.54, 1.807) is 18.2 Å². The summed E-state index contributed by atoms with van der Waals surface area (Å²) in [5.74, 6) is -0.109. The SMILES string of the molecule is C[C@H](Sc1nc2c(n1-c1ccccc1)CCCC2)C(=O)Nc1ccc2[nH]c(=O)[nH]c2c1. The van der Waals surface area contributed by atoms with Crippen molar-refractivity contribution in [3.05, 3.63) is 70.4 Å². The highest BCUT2D eigenvalue weighted by Crippen LogP contribution is 2.32. The average molecular weight is 434 g/mol. The van der Waals surface area contributed by atoms with Gasteiger partial charge in [0.2, 0.25) is 5.91 Å². The first-order chi connectivity index (χ1) is 15.1. The molecule has 0 bridgehead atoms. The molecule has 4 aromatic rings. The summed E-state index contributed by atoms with van der Waals surface area (Å²) in [4.78, 5) is 34.7. The fraction of sp³-hybridized carbons (Fsp3) is 0.261. The number of para-hydroxylation sites is 1. The maximum absolute atomic E-state index is 12.9. The standard InChI is InChI=1S/C23H23N5O2S/c1-14(21(29)24-15-11-12-17-19(13-15)26-22(30)25-17)31-23-27-18-9-5-6-10-20(18)28(23)16-7-3-2-4-8-16/h2-4,7-8,11-14H,5-6,9-10H2,1H3,(H,24,29)(H2,25,26,30)/t14-/m0/s1. The Hall–Kier alpha value is -3.26. The Labute approximate surface area is 183 Å². The highest BCUT2D eigenvalue weighted by Gasteiger charge is 2.24. The number of nitrogens with zero attached hydrogens (tertiary/aromatic N) is 2. The number of hydrogen-bond donors (Lipinski definition) is 3. The molecule has 0 saturated carbocycles. The maximum Gasteiger partial charge on any atom is 0.323 e. The second-order valence-corrected chi connectivity index (χ2v) is 9.06. The number of aromatic nitrogens is 4. The van der Waals surface area contributed by atoms with Crippen LogP contribution in [0.25, 0.3) is 16.7 Å². The van der Waals surface area contributed by atoms with Crippen LogP contribution >= 0.6 is 11.8 Å². The van der Waals surface area contributed by atoms with Crippen molar-refractivity contribution >= 4 is 34.4 Å². The number of hydrogen-bond acceptors (Lipinski definition) is 4. The van der Waals surface area contributed by atoms with E-state index in [9.17, 15) is 9.59 Å². The molecule has 0 saturated heterocycles. The van der Waals surface area contributed by atoms with E-state index in [-0.39, 0.29) is 16.8 Å². The lowest BCUT2D eigenvalue weighted by molar-refractivity contribution is -0.115. The average Bonchev–Trinajstić information content (AvgIpc) is 3.32. The normalized spacial score (nSPS) is 14.4. The molecular formula is C23H23N5O2S. The van der Waals surface area contributed by atoms with E-state index in [1.807, 2.05) is 25.1 Å². The van der Waals surface area contributed by atoms with Crippen molar-refractivity contribution in [2.45, 2.75) is 43.0 Å². The van der Waals surface area contributed by atoms with Crippen LogP contribution in [0.3, 0.4) is 0 Å². The van der Waals surface area contributed by atoms with E-state index in [0.29, 0.717) is 16.7 Å². The zero-order chi connectivity index (χ0) is 21.4. The highest BCUT2D eigenvalue weighted by molar-refractivity contribution is 8.00. The van der Waals surface area contributed by atoms with Crippen LogP contribution in [-0.4, -0.2) is 30.7 Å². The molecule has 31 heavy (non-hydrogen) atoms. The van der Waals surface area contributed by atoms with Crippen molar-refractivity contribution in [2.75, 3.05) is 5.32 Å². The molecular weight excluding hydrogens is 410 g/mol. The molecule has 8 heteroatoms. The van der Waals surface area contributed by atoms with E-state index in [0.717, 1.165) is 42.2 Å². The third-order valence-electron chi connectivity index (χ3n) is 5.55. The van der Waals surface area contributed by atoms with Gasteiger partial charge in [0.25, 0.3) is 0 Å². The van der Waals surface area contributed by atoms with Crippen LogP contribution in [0.2, 0.25) is 0 Å². The molecule has 0 fully saturated rings. The molecule has 0 spiro atoms. The Balaban J connectivity index is 1.39. The third kappa shape index (κ3) is 3.90. The molecule has 7 nitrogen and oxygen atoms in total. The number of imidazole rings is 2. The molecule has 0 unspecified atom stereocenters. The number of rotatable bonds is 5. The summed E-state index contributed by atoms with van der Waals surface area (Å²) in [6, 6.07) is 15.5. The van der Waals surface area contributed by atoms with Crippen molar-refractivity contribution in [3.8, 4) is 5.69 Å². The second-order valence-electron chi connectivity index (χ2n) is 7.75. The largest absolute Gasteiger partial charge is 0.325 e. The van der Waals surface area contributed by atoms with Crippen LogP contribution in [0.4, 0.5) is 5.69 Å². The zero-order valence-electron chi connectivity index (χ0n) is 17.1. The molecule has 2 aromatic carbocycles. The van der Waals surface area contributed by atoms with Gasteiger partial charge in [-0.1, -0.05) is 30.0 Å². The van der Waals surface area contributed by atoms with Gasteiger partial charge < -0.3 is 15.3 Å². The van der Waals surface area contributed by atoms with Crippen LogP contribution < -0.4 is 11.0 Å². The van der Waals surface area contributed by atoms with Gasteiger partial charge in [-0.15, -0.1) is 0 Å². The number of carbonyl (C=O) groups is 1. The Morgan fingerprint density at radius 3 is 2.71 bits per heavy atom. The molecule has 2 heterocycles. The predicted molar refractivity (Wildman–Crippen MR) is 123 cm³/mol. The number of H-pyrrole nitrogens is 2. The van der Waals surface area contributed by atoms with Crippen LogP contribution in [0.15, 0.2) is 58.5 Å². The second kappa shape index (κ2) is 8.11. The number of benzene rings is 2. The Bertz CT molecular complexity index is 1300. The number of amides is 1. The Kier molecular flexibility index (Phi) is 5.15. The van der Waals surface area contributed by atoms with Gasteiger partial charge in [0.1, 0.15) is 0 Å². The summed E-state index contributed by atoms with van der Waals surface area (Å²) >= 11 is 1.47. The van der Waals surface area contributed by atoms with Crippen LogP contribution in [0.5, 0.6) is 0 Å². The van der Waals surface area contributed by atoms with Gasteiger partial charge in [0.05, 0.1) is 22.0 Å². The van der Waals surface area contributed by atoms with Gasteiger partial charge in [-0.25, -0.2) is 9.78 Å². The molecule has 3 N–H and O–H groups in total. The summed E-state index contributed by atoms with van der Waals surface area (Å²) in [5, 5.41) is 3.46. The van der Waals surface area contributed by atoms with E-state index < -0.39 is 0 Å². The lowest BCUT2D eigenvalue weighted by Crippen LogP contribution is -2.23. The van der Waals surface area contributed by atoms with Crippen molar-refractivity contribution in [3.63, 3.8) is 0 Å². The van der Waals surface area contributed by atoms with Gasteiger partial charge in [-0.2, -0.15) is 0 Å². The van der Waals surface area contributed by atoms with Crippen molar-refractivity contribution in [2.24, 2.45) is 0 Å². The Morgan fingerprint density at radius 1 is 1.10 bits per heavy atom. The maximum atomic E-state index is 12.9. The molecule has 0 aliphatic heterocycles. The fourth-order valence-electron chi connectivity index (χ4n) is 4.00. The molecule has 1 aliphatic rings. The minimum Gasteiger partial charge on any atom is -0.325 e. The monoisotopic (exact) mass is 433 g/mol. The van der Waals surface area contributed by atoms with Gasteiger partial charge in [-0.3, -0.25) is 9.36 Å².